The molecule has 0 saturated heterocycles. The fourth-order valence-electron chi connectivity index (χ4n) is 2.02. The van der Waals surface area contributed by atoms with Crippen molar-refractivity contribution in [3.8, 4) is 12.1 Å². The molecule has 23 heavy (non-hydrogen) atoms. The van der Waals surface area contributed by atoms with Crippen LogP contribution >= 0.6 is 0 Å². The molecule has 1 atom stereocenters. The van der Waals surface area contributed by atoms with Crippen LogP contribution in [0.15, 0.2) is 48.7 Å². The van der Waals surface area contributed by atoms with Gasteiger partial charge in [0.15, 0.2) is 11.8 Å². The lowest BCUT2D eigenvalue weighted by atomic mass is 10.2. The fraction of sp³-hybridized carbons (Fsp3) is 0.125. The first-order valence-corrected chi connectivity index (χ1v) is 6.95. The van der Waals surface area contributed by atoms with Crippen LogP contribution in [0.1, 0.15) is 12.5 Å². The average Bonchev–Trinajstić information content (AvgIpc) is 2.98. The lowest BCUT2D eigenvalue weighted by molar-refractivity contribution is -0.122. The van der Waals surface area contributed by atoms with Crippen LogP contribution in [0.2, 0.25) is 0 Å². The van der Waals surface area contributed by atoms with E-state index in [1.165, 1.54) is 0 Å². The zero-order chi connectivity index (χ0) is 16.2. The molecular weight excluding hydrogens is 294 g/mol. The van der Waals surface area contributed by atoms with Crippen LogP contribution in [-0.2, 0) is 4.79 Å². The molecule has 114 valence electrons. The van der Waals surface area contributed by atoms with Gasteiger partial charge >= 0.3 is 6.01 Å². The molecule has 0 saturated carbocycles. The third kappa shape index (κ3) is 3.11. The minimum atomic E-state index is -0.770. The van der Waals surface area contributed by atoms with E-state index in [1.54, 1.807) is 47.9 Å². The fourth-order valence-corrected chi connectivity index (χ4v) is 2.02. The maximum atomic E-state index is 12.2. The van der Waals surface area contributed by atoms with Crippen LogP contribution in [-0.4, -0.2) is 26.6 Å². The Bertz CT molecular complexity index is 897. The number of nitriles is 1. The number of amides is 1. The van der Waals surface area contributed by atoms with Crippen LogP contribution in [0.4, 0.5) is 5.69 Å². The van der Waals surface area contributed by atoms with Crippen LogP contribution in [0.25, 0.3) is 5.65 Å². The monoisotopic (exact) mass is 307 g/mol. The summed E-state index contributed by atoms with van der Waals surface area (Å²) in [5.74, 6) is -0.340. The van der Waals surface area contributed by atoms with Gasteiger partial charge in [0.25, 0.3) is 5.91 Å². The number of anilines is 1. The van der Waals surface area contributed by atoms with Gasteiger partial charge in [0.05, 0.1) is 11.6 Å². The van der Waals surface area contributed by atoms with E-state index in [0.717, 1.165) is 0 Å². The van der Waals surface area contributed by atoms with E-state index in [-0.39, 0.29) is 11.9 Å². The summed E-state index contributed by atoms with van der Waals surface area (Å²) in [4.78, 5) is 12.2. The van der Waals surface area contributed by atoms with Gasteiger partial charge in [-0.25, -0.2) is 0 Å². The topological polar surface area (TPSA) is 92.3 Å². The molecule has 3 aromatic rings. The van der Waals surface area contributed by atoms with Crippen molar-refractivity contribution in [2.45, 2.75) is 13.0 Å². The van der Waals surface area contributed by atoms with E-state index in [2.05, 4.69) is 15.5 Å². The molecule has 0 spiro atoms. The molecule has 2 heterocycles. The highest BCUT2D eigenvalue weighted by Gasteiger charge is 2.18. The zero-order valence-electron chi connectivity index (χ0n) is 12.3. The number of aromatic nitrogens is 3. The third-order valence-electron chi connectivity index (χ3n) is 3.19. The van der Waals surface area contributed by atoms with Gasteiger partial charge in [-0.2, -0.15) is 5.26 Å². The first-order valence-electron chi connectivity index (χ1n) is 6.95. The van der Waals surface area contributed by atoms with Crippen molar-refractivity contribution in [1.29, 1.82) is 5.26 Å². The van der Waals surface area contributed by atoms with E-state index in [9.17, 15) is 4.79 Å². The second kappa shape index (κ2) is 6.15. The van der Waals surface area contributed by atoms with Gasteiger partial charge in [-0.15, -0.1) is 5.10 Å². The molecule has 1 N–H and O–H groups in total. The molecule has 0 unspecified atom stereocenters. The maximum absolute atomic E-state index is 12.2. The highest BCUT2D eigenvalue weighted by molar-refractivity contribution is 5.94. The lowest BCUT2D eigenvalue weighted by Gasteiger charge is -2.13. The summed E-state index contributed by atoms with van der Waals surface area (Å²) in [6.07, 6.45) is 0.986. The Balaban J connectivity index is 1.71. The van der Waals surface area contributed by atoms with Crippen LogP contribution in [0.3, 0.4) is 0 Å². The Labute approximate surface area is 132 Å². The SMILES string of the molecule is C[C@@H](Oc1nnc2ccccn12)C(=O)Nc1cccc(C#N)c1. The smallest absolute Gasteiger partial charge is 0.322 e. The summed E-state index contributed by atoms with van der Waals surface area (Å²) in [6.45, 7) is 1.62. The number of nitrogens with one attached hydrogen (secondary N) is 1. The van der Waals surface area contributed by atoms with Gasteiger partial charge in [0.2, 0.25) is 0 Å². The summed E-state index contributed by atoms with van der Waals surface area (Å²) >= 11 is 0. The van der Waals surface area contributed by atoms with E-state index < -0.39 is 6.10 Å². The van der Waals surface area contributed by atoms with Crippen molar-refractivity contribution >= 4 is 17.2 Å². The van der Waals surface area contributed by atoms with Crippen molar-refractivity contribution in [3.63, 3.8) is 0 Å². The normalized spacial score (nSPS) is 11.7. The third-order valence-corrected chi connectivity index (χ3v) is 3.19. The second-order valence-electron chi connectivity index (χ2n) is 4.85. The number of carbonyl (C=O) groups is 1. The van der Waals surface area contributed by atoms with Crippen LogP contribution in [0.5, 0.6) is 6.01 Å². The van der Waals surface area contributed by atoms with Gasteiger partial charge in [0.1, 0.15) is 0 Å². The number of benzene rings is 1. The number of carbonyl (C=O) groups excluding carboxylic acids is 1. The van der Waals surface area contributed by atoms with E-state index in [1.807, 2.05) is 18.2 Å². The van der Waals surface area contributed by atoms with Gasteiger partial charge in [-0.3, -0.25) is 9.20 Å². The molecule has 7 heteroatoms. The number of hydrogen-bond acceptors (Lipinski definition) is 5. The van der Waals surface area contributed by atoms with Crippen LogP contribution in [0, 0.1) is 11.3 Å². The second-order valence-corrected chi connectivity index (χ2v) is 4.85. The van der Waals surface area contributed by atoms with Gasteiger partial charge in [-0.05, 0) is 37.3 Å². The van der Waals surface area contributed by atoms with E-state index in [0.29, 0.717) is 16.9 Å². The first kappa shape index (κ1) is 14.5. The minimum Gasteiger partial charge on any atom is -0.450 e. The maximum Gasteiger partial charge on any atom is 0.322 e. The molecule has 7 nitrogen and oxygen atoms in total. The summed E-state index contributed by atoms with van der Waals surface area (Å²) in [7, 11) is 0. The van der Waals surface area contributed by atoms with Gasteiger partial charge in [-0.1, -0.05) is 17.2 Å². The molecule has 1 amide bonds. The molecular formula is C16H13N5O2. The van der Waals surface area contributed by atoms with Crippen molar-refractivity contribution < 1.29 is 9.53 Å². The quantitative estimate of drug-likeness (QED) is 0.796. The summed E-state index contributed by atoms with van der Waals surface area (Å²) in [5.41, 5.74) is 1.65. The van der Waals surface area contributed by atoms with Crippen molar-refractivity contribution in [1.82, 2.24) is 14.6 Å². The highest BCUT2D eigenvalue weighted by Crippen LogP contribution is 2.14. The minimum absolute atomic E-state index is 0.244. The molecule has 0 bridgehead atoms. The predicted octanol–water partition coefficient (Wildman–Crippen LogP) is 2.01. The van der Waals surface area contributed by atoms with Gasteiger partial charge < -0.3 is 10.1 Å². The van der Waals surface area contributed by atoms with Crippen molar-refractivity contribution in [3.05, 3.63) is 54.2 Å². The molecule has 0 aliphatic rings. The van der Waals surface area contributed by atoms with Crippen molar-refractivity contribution in [2.75, 3.05) is 5.32 Å². The van der Waals surface area contributed by atoms with Gasteiger partial charge in [0, 0.05) is 11.9 Å². The molecule has 3 rings (SSSR count). The Kier molecular flexibility index (Phi) is 3.89. The average molecular weight is 307 g/mol. The van der Waals surface area contributed by atoms with E-state index >= 15 is 0 Å². The molecule has 0 aliphatic heterocycles. The predicted molar refractivity (Wildman–Crippen MR) is 82.9 cm³/mol. The Morgan fingerprint density at radius 3 is 3.00 bits per heavy atom. The molecule has 0 fully saturated rings. The van der Waals surface area contributed by atoms with Crippen molar-refractivity contribution in [2.24, 2.45) is 0 Å². The lowest BCUT2D eigenvalue weighted by Crippen LogP contribution is -2.30. The summed E-state index contributed by atoms with van der Waals surface area (Å²) < 4.78 is 7.22. The number of fused-ring (bicyclic) bond motifs is 1. The number of ether oxygens (including phenoxy) is 1. The molecule has 2 aromatic heterocycles. The molecule has 0 aliphatic carbocycles. The Morgan fingerprint density at radius 2 is 2.17 bits per heavy atom. The Hall–Kier alpha value is -3.40. The number of nitrogens with zero attached hydrogens (tertiary/aromatic N) is 4. The number of hydrogen-bond donors (Lipinski definition) is 1. The highest BCUT2D eigenvalue weighted by atomic mass is 16.5. The number of rotatable bonds is 4. The van der Waals surface area contributed by atoms with E-state index in [4.69, 9.17) is 10.00 Å². The summed E-state index contributed by atoms with van der Waals surface area (Å²) in [5, 5.41) is 19.5. The largest absolute Gasteiger partial charge is 0.450 e. The Morgan fingerprint density at radius 1 is 1.30 bits per heavy atom. The molecule has 1 aromatic carbocycles. The summed E-state index contributed by atoms with van der Waals surface area (Å²) in [6, 6.07) is 14.4. The van der Waals surface area contributed by atoms with Crippen LogP contribution < -0.4 is 10.1 Å². The number of pyridine rings is 1. The first-order chi connectivity index (χ1) is 11.2. The standard InChI is InChI=1S/C16H13N5O2/c1-11(15(22)18-13-6-4-5-12(9-13)10-17)23-16-20-19-14-7-2-3-8-21(14)16/h2-9,11H,1H3,(H,18,22)/t11-/m1/s1. The zero-order valence-corrected chi connectivity index (χ0v) is 12.3. The molecule has 0 radical (unpaired) electrons.